The van der Waals surface area contributed by atoms with Gasteiger partial charge in [0.05, 0.1) is 30.4 Å². The molecule has 10 heteroatoms. The zero-order valence-electron chi connectivity index (χ0n) is 19.2. The van der Waals surface area contributed by atoms with Gasteiger partial charge >= 0.3 is 6.18 Å². The summed E-state index contributed by atoms with van der Waals surface area (Å²) in [7, 11) is 1.55. The topological polar surface area (TPSA) is 70.7 Å². The highest BCUT2D eigenvalue weighted by molar-refractivity contribution is 5.65. The number of methoxy groups -OCH3 is 1. The van der Waals surface area contributed by atoms with E-state index in [4.69, 9.17) is 4.74 Å². The van der Waals surface area contributed by atoms with E-state index in [9.17, 15) is 13.2 Å². The minimum atomic E-state index is -4.42. The maximum atomic E-state index is 13.6. The van der Waals surface area contributed by atoms with Gasteiger partial charge in [-0.1, -0.05) is 18.2 Å². The normalized spacial score (nSPS) is 16.0. The molecule has 1 aliphatic heterocycles. The van der Waals surface area contributed by atoms with Gasteiger partial charge in [-0.2, -0.15) is 18.3 Å². The summed E-state index contributed by atoms with van der Waals surface area (Å²) in [6.45, 7) is 2.52. The number of halogens is 3. The molecule has 3 aromatic heterocycles. The van der Waals surface area contributed by atoms with Crippen LogP contribution in [0.1, 0.15) is 52.9 Å². The van der Waals surface area contributed by atoms with E-state index in [1.807, 2.05) is 29.8 Å². The Bertz CT molecular complexity index is 1390. The van der Waals surface area contributed by atoms with Crippen molar-refractivity contribution in [2.24, 2.45) is 0 Å². The highest BCUT2D eigenvalue weighted by atomic mass is 19.4. The van der Waals surface area contributed by atoms with Crippen molar-refractivity contribution in [3.8, 4) is 11.6 Å². The summed E-state index contributed by atoms with van der Waals surface area (Å²) in [6, 6.07) is 9.42. The molecule has 35 heavy (non-hydrogen) atoms. The first-order valence-electron chi connectivity index (χ1n) is 11.2. The average Bonchev–Trinajstić information content (AvgIpc) is 3.47. The van der Waals surface area contributed by atoms with E-state index >= 15 is 0 Å². The zero-order chi connectivity index (χ0) is 24.6. The fourth-order valence-corrected chi connectivity index (χ4v) is 4.39. The molecule has 0 saturated carbocycles. The number of imidazole rings is 1. The number of benzene rings is 1. The van der Waals surface area contributed by atoms with Crippen molar-refractivity contribution in [1.29, 1.82) is 0 Å². The third-order valence-corrected chi connectivity index (χ3v) is 5.98. The van der Waals surface area contributed by atoms with Gasteiger partial charge in [-0.15, -0.1) is 0 Å². The number of aryl methyl sites for hydroxylation is 2. The first-order chi connectivity index (χ1) is 16.8. The smallest absolute Gasteiger partial charge is 0.416 e. The van der Waals surface area contributed by atoms with Crippen LogP contribution in [0.3, 0.4) is 0 Å². The lowest BCUT2D eigenvalue weighted by molar-refractivity contribution is -0.138. The van der Waals surface area contributed by atoms with Crippen molar-refractivity contribution in [2.75, 3.05) is 7.11 Å². The van der Waals surface area contributed by atoms with Crippen LogP contribution in [0.15, 0.2) is 48.9 Å². The van der Waals surface area contributed by atoms with Crippen LogP contribution in [0.4, 0.5) is 13.2 Å². The number of pyridine rings is 1. The summed E-state index contributed by atoms with van der Waals surface area (Å²) in [5.41, 5.74) is 1.88. The molecule has 0 fully saturated rings. The van der Waals surface area contributed by atoms with Crippen molar-refractivity contribution >= 4 is 12.2 Å². The summed E-state index contributed by atoms with van der Waals surface area (Å²) >= 11 is 0. The summed E-state index contributed by atoms with van der Waals surface area (Å²) in [6.07, 6.45) is 3.92. The van der Waals surface area contributed by atoms with Crippen LogP contribution in [-0.2, 0) is 12.7 Å². The summed E-state index contributed by atoms with van der Waals surface area (Å²) in [5.74, 6) is 0.938. The second-order valence-corrected chi connectivity index (χ2v) is 8.35. The lowest BCUT2D eigenvalue weighted by atomic mass is 9.88. The Labute approximate surface area is 199 Å². The second kappa shape index (κ2) is 9.01. The SMILES string of the molecule is COc1nc(/C=C\c2nc3n(n2)CCC[C@H]3c2ccccc2C(F)(F)F)ccc1-n1cnc(C)c1. The number of fused-ring (bicyclic) bond motifs is 1. The average molecular weight is 480 g/mol. The number of nitrogens with zero attached hydrogens (tertiary/aromatic N) is 6. The number of hydrogen-bond donors (Lipinski definition) is 0. The van der Waals surface area contributed by atoms with Gasteiger partial charge in [-0.25, -0.2) is 19.6 Å². The van der Waals surface area contributed by atoms with Gasteiger partial charge in [0.15, 0.2) is 5.82 Å². The summed E-state index contributed by atoms with van der Waals surface area (Å²) in [4.78, 5) is 13.3. The van der Waals surface area contributed by atoms with E-state index in [2.05, 4.69) is 20.1 Å². The standard InChI is InChI=1S/C25H23F3N6O/c1-16-14-33(15-29-16)21-11-9-17(30-24(21)35-2)10-12-22-31-23-19(7-5-13-34(23)32-22)18-6-3-4-8-20(18)25(26,27)28/h3-4,6,8-12,14-15,19H,5,7,13H2,1-2H3/b12-10-/t19-/m0/s1. The fraction of sp³-hybridized carbons (Fsp3) is 0.280. The Morgan fingerprint density at radius 1 is 1.09 bits per heavy atom. The number of hydrogen-bond acceptors (Lipinski definition) is 5. The van der Waals surface area contributed by atoms with Crippen molar-refractivity contribution < 1.29 is 17.9 Å². The van der Waals surface area contributed by atoms with Gasteiger partial charge in [0.2, 0.25) is 5.88 Å². The monoisotopic (exact) mass is 480 g/mol. The number of alkyl halides is 3. The molecule has 1 aliphatic rings. The Morgan fingerprint density at radius 3 is 2.66 bits per heavy atom. The highest BCUT2D eigenvalue weighted by Crippen LogP contribution is 2.40. The summed E-state index contributed by atoms with van der Waals surface area (Å²) < 4.78 is 49.8. The van der Waals surface area contributed by atoms with E-state index in [0.29, 0.717) is 36.2 Å². The van der Waals surface area contributed by atoms with Crippen molar-refractivity contribution in [1.82, 2.24) is 29.3 Å². The van der Waals surface area contributed by atoms with Crippen molar-refractivity contribution in [2.45, 2.75) is 38.4 Å². The quantitative estimate of drug-likeness (QED) is 0.388. The lowest BCUT2D eigenvalue weighted by Crippen LogP contribution is -2.21. The molecule has 4 heterocycles. The second-order valence-electron chi connectivity index (χ2n) is 8.35. The Kier molecular flexibility index (Phi) is 5.88. The Morgan fingerprint density at radius 2 is 1.91 bits per heavy atom. The van der Waals surface area contributed by atoms with Crippen molar-refractivity contribution in [3.63, 3.8) is 0 Å². The minimum absolute atomic E-state index is 0.237. The molecule has 0 amide bonds. The molecule has 0 radical (unpaired) electrons. The molecule has 0 N–H and O–H groups in total. The van der Waals surface area contributed by atoms with Crippen LogP contribution in [0.2, 0.25) is 0 Å². The number of aromatic nitrogens is 6. The van der Waals surface area contributed by atoms with Gasteiger partial charge < -0.3 is 9.30 Å². The van der Waals surface area contributed by atoms with Crippen LogP contribution in [0.25, 0.3) is 17.8 Å². The molecule has 1 aromatic carbocycles. The van der Waals surface area contributed by atoms with E-state index < -0.39 is 17.7 Å². The fourth-order valence-electron chi connectivity index (χ4n) is 4.39. The van der Waals surface area contributed by atoms with E-state index in [0.717, 1.165) is 23.9 Å². The van der Waals surface area contributed by atoms with Gasteiger partial charge in [0, 0.05) is 18.7 Å². The first kappa shape index (κ1) is 22.8. The van der Waals surface area contributed by atoms with E-state index in [1.54, 1.807) is 36.3 Å². The Balaban J connectivity index is 1.43. The molecule has 0 aliphatic carbocycles. The predicted octanol–water partition coefficient (Wildman–Crippen LogP) is 5.29. The molecule has 0 spiro atoms. The maximum absolute atomic E-state index is 13.6. The van der Waals surface area contributed by atoms with Gasteiger partial charge in [-0.3, -0.25) is 0 Å². The highest BCUT2D eigenvalue weighted by Gasteiger charge is 2.37. The van der Waals surface area contributed by atoms with Gasteiger partial charge in [-0.05, 0) is 55.7 Å². The largest absolute Gasteiger partial charge is 0.479 e. The molecule has 0 unspecified atom stereocenters. The third-order valence-electron chi connectivity index (χ3n) is 5.98. The predicted molar refractivity (Wildman–Crippen MR) is 124 cm³/mol. The zero-order valence-corrected chi connectivity index (χ0v) is 19.2. The van der Waals surface area contributed by atoms with Crippen LogP contribution in [-0.4, -0.2) is 36.4 Å². The van der Waals surface area contributed by atoms with E-state index in [1.165, 1.54) is 12.1 Å². The molecule has 5 rings (SSSR count). The summed E-state index contributed by atoms with van der Waals surface area (Å²) in [5, 5.41) is 4.51. The van der Waals surface area contributed by atoms with Crippen LogP contribution < -0.4 is 4.74 Å². The van der Waals surface area contributed by atoms with Crippen LogP contribution >= 0.6 is 0 Å². The van der Waals surface area contributed by atoms with Crippen molar-refractivity contribution in [3.05, 3.63) is 83.1 Å². The molecule has 180 valence electrons. The van der Waals surface area contributed by atoms with Crippen LogP contribution in [0, 0.1) is 6.92 Å². The molecule has 1 atom stereocenters. The molecular weight excluding hydrogens is 457 g/mol. The molecule has 4 aromatic rings. The van der Waals surface area contributed by atoms with Gasteiger partial charge in [0.1, 0.15) is 11.5 Å². The molecule has 7 nitrogen and oxygen atoms in total. The maximum Gasteiger partial charge on any atom is 0.416 e. The van der Waals surface area contributed by atoms with E-state index in [-0.39, 0.29) is 5.56 Å². The van der Waals surface area contributed by atoms with Gasteiger partial charge in [0.25, 0.3) is 0 Å². The third kappa shape index (κ3) is 4.55. The van der Waals surface area contributed by atoms with Crippen LogP contribution in [0.5, 0.6) is 5.88 Å². The Hall–Kier alpha value is -3.95. The molecule has 0 saturated heterocycles. The first-order valence-corrected chi connectivity index (χ1v) is 11.2. The number of ether oxygens (including phenoxy) is 1. The number of rotatable bonds is 5. The molecular formula is C25H23F3N6O. The molecule has 0 bridgehead atoms. The lowest BCUT2D eigenvalue weighted by Gasteiger charge is -2.25. The minimum Gasteiger partial charge on any atom is -0.479 e.